The molecule has 0 bridgehead atoms. The quantitative estimate of drug-likeness (QED) is 0.672. The zero-order chi connectivity index (χ0) is 11.1. The topological polar surface area (TPSA) is 29.1 Å². The summed E-state index contributed by atoms with van der Waals surface area (Å²) in [6.45, 7) is 13.1. The molecule has 2 atom stereocenters. The highest BCUT2D eigenvalue weighted by Crippen LogP contribution is 2.43. The van der Waals surface area contributed by atoms with Crippen molar-refractivity contribution in [1.29, 1.82) is 0 Å². The van der Waals surface area contributed by atoms with E-state index in [0.717, 1.165) is 0 Å². The van der Waals surface area contributed by atoms with Gasteiger partial charge in [-0.2, -0.15) is 0 Å². The predicted molar refractivity (Wildman–Crippen MR) is 62.6 cm³/mol. The molecule has 1 aliphatic heterocycles. The fourth-order valence-electron chi connectivity index (χ4n) is 1.77. The van der Waals surface area contributed by atoms with E-state index in [2.05, 4.69) is 46.9 Å². The van der Waals surface area contributed by atoms with Crippen molar-refractivity contribution in [1.82, 2.24) is 5.32 Å². The van der Waals surface area contributed by atoms with Gasteiger partial charge in [-0.05, 0) is 10.8 Å². The Bertz CT molecular complexity index is 213. The molecule has 1 saturated heterocycles. The van der Waals surface area contributed by atoms with Crippen molar-refractivity contribution in [2.24, 2.45) is 10.8 Å². The summed E-state index contributed by atoms with van der Waals surface area (Å²) in [6, 6.07) is 0.278. The maximum Gasteiger partial charge on any atom is 0.279 e. The lowest BCUT2D eigenvalue weighted by molar-refractivity contribution is 0.215. The van der Waals surface area contributed by atoms with Crippen LogP contribution in [-0.2, 0) is 0 Å². The molecular weight excluding hydrogens is 194 g/mol. The molecule has 0 radical (unpaired) electrons. The zero-order valence-electron chi connectivity index (χ0n) is 9.97. The number of thioether (sulfide) groups is 1. The highest BCUT2D eigenvalue weighted by molar-refractivity contribution is 8.14. The molecule has 1 fully saturated rings. The molecule has 0 spiro atoms. The van der Waals surface area contributed by atoms with Crippen molar-refractivity contribution in [2.45, 2.75) is 52.8 Å². The van der Waals surface area contributed by atoms with Crippen LogP contribution in [0.25, 0.3) is 0 Å². The summed E-state index contributed by atoms with van der Waals surface area (Å²) in [5, 5.41) is 3.57. The van der Waals surface area contributed by atoms with E-state index in [9.17, 15) is 4.79 Å². The Hall–Kier alpha value is -0.180. The summed E-state index contributed by atoms with van der Waals surface area (Å²) in [4.78, 5) is 11.4. The molecule has 0 saturated carbocycles. The van der Waals surface area contributed by atoms with Crippen molar-refractivity contribution < 1.29 is 4.79 Å². The third kappa shape index (κ3) is 2.44. The third-order valence-electron chi connectivity index (χ3n) is 2.60. The standard InChI is InChI=1S/C11H21NOS/c1-10(2,3)7-8(11(4,5)6)14-9(13)12-7/h7-8H,1-6H3,(H,12,13). The largest absolute Gasteiger partial charge is 0.343 e. The van der Waals surface area contributed by atoms with Crippen LogP contribution < -0.4 is 5.32 Å². The van der Waals surface area contributed by atoms with Gasteiger partial charge >= 0.3 is 0 Å². The molecule has 0 aromatic rings. The van der Waals surface area contributed by atoms with Gasteiger partial charge in [-0.1, -0.05) is 53.3 Å². The maximum absolute atomic E-state index is 11.4. The van der Waals surface area contributed by atoms with Gasteiger partial charge in [-0.25, -0.2) is 0 Å². The van der Waals surface area contributed by atoms with E-state index in [0.29, 0.717) is 5.25 Å². The number of carbonyl (C=O) groups is 1. The molecule has 0 aromatic heterocycles. The monoisotopic (exact) mass is 215 g/mol. The first-order chi connectivity index (χ1) is 6.12. The Morgan fingerprint density at radius 1 is 1.07 bits per heavy atom. The lowest BCUT2D eigenvalue weighted by Gasteiger charge is -2.37. The second-order valence-electron chi connectivity index (χ2n) is 6.18. The van der Waals surface area contributed by atoms with Gasteiger partial charge in [0.2, 0.25) is 0 Å². The van der Waals surface area contributed by atoms with Crippen LogP contribution >= 0.6 is 11.8 Å². The first-order valence-electron chi connectivity index (χ1n) is 5.09. The van der Waals surface area contributed by atoms with Crippen molar-refractivity contribution in [2.75, 3.05) is 0 Å². The van der Waals surface area contributed by atoms with E-state index in [1.807, 2.05) is 0 Å². The van der Waals surface area contributed by atoms with E-state index in [1.165, 1.54) is 11.8 Å². The van der Waals surface area contributed by atoms with Crippen LogP contribution in [-0.4, -0.2) is 16.5 Å². The molecule has 14 heavy (non-hydrogen) atoms. The van der Waals surface area contributed by atoms with Gasteiger partial charge in [-0.3, -0.25) is 4.79 Å². The minimum absolute atomic E-state index is 0.129. The molecule has 82 valence electrons. The molecule has 1 heterocycles. The smallest absolute Gasteiger partial charge is 0.279 e. The first-order valence-corrected chi connectivity index (χ1v) is 5.97. The fraction of sp³-hybridized carbons (Fsp3) is 0.909. The second kappa shape index (κ2) is 3.44. The van der Waals surface area contributed by atoms with Crippen molar-refractivity contribution >= 4 is 17.0 Å². The van der Waals surface area contributed by atoms with Gasteiger partial charge in [0.05, 0.1) is 0 Å². The Labute approximate surface area is 91.2 Å². The van der Waals surface area contributed by atoms with Crippen LogP contribution in [0.3, 0.4) is 0 Å². The second-order valence-corrected chi connectivity index (χ2v) is 7.29. The average molecular weight is 215 g/mol. The van der Waals surface area contributed by atoms with Crippen LogP contribution in [0, 0.1) is 10.8 Å². The molecule has 2 nitrogen and oxygen atoms in total. The summed E-state index contributed by atoms with van der Waals surface area (Å²) in [5.41, 5.74) is 0.304. The summed E-state index contributed by atoms with van der Waals surface area (Å²) >= 11 is 1.46. The Morgan fingerprint density at radius 2 is 1.57 bits per heavy atom. The van der Waals surface area contributed by atoms with Crippen LogP contribution in [0.2, 0.25) is 0 Å². The highest BCUT2D eigenvalue weighted by Gasteiger charge is 2.45. The summed E-state index contributed by atoms with van der Waals surface area (Å²) in [7, 11) is 0. The molecule has 1 N–H and O–H groups in total. The normalized spacial score (nSPS) is 29.1. The van der Waals surface area contributed by atoms with Crippen LogP contribution in [0.15, 0.2) is 0 Å². The number of nitrogens with one attached hydrogen (secondary N) is 1. The summed E-state index contributed by atoms with van der Waals surface area (Å²) < 4.78 is 0. The van der Waals surface area contributed by atoms with Gasteiger partial charge < -0.3 is 5.32 Å². The summed E-state index contributed by atoms with van der Waals surface area (Å²) in [5.74, 6) is 0. The molecular formula is C11H21NOS. The summed E-state index contributed by atoms with van der Waals surface area (Å²) in [6.07, 6.45) is 0. The van der Waals surface area contributed by atoms with Crippen molar-refractivity contribution in [3.05, 3.63) is 0 Å². The van der Waals surface area contributed by atoms with Gasteiger partial charge in [0.15, 0.2) is 0 Å². The van der Waals surface area contributed by atoms with E-state index in [1.54, 1.807) is 0 Å². The van der Waals surface area contributed by atoms with E-state index in [4.69, 9.17) is 0 Å². The number of carbonyl (C=O) groups excluding carboxylic acids is 1. The van der Waals surface area contributed by atoms with Gasteiger partial charge in [0.1, 0.15) is 0 Å². The minimum atomic E-state index is 0.129. The average Bonchev–Trinajstić information content (AvgIpc) is 2.27. The molecule has 0 aliphatic carbocycles. The first kappa shape index (κ1) is 11.9. The predicted octanol–water partition coefficient (Wildman–Crippen LogP) is 3.27. The SMILES string of the molecule is CC(C)(C)C1NC(=O)SC1C(C)(C)C. The molecule has 1 rings (SSSR count). The number of hydrogen-bond acceptors (Lipinski definition) is 2. The molecule has 3 heteroatoms. The Morgan fingerprint density at radius 3 is 1.86 bits per heavy atom. The molecule has 1 aliphatic rings. The van der Waals surface area contributed by atoms with E-state index in [-0.39, 0.29) is 22.1 Å². The number of rotatable bonds is 0. The van der Waals surface area contributed by atoms with Crippen molar-refractivity contribution in [3.8, 4) is 0 Å². The molecule has 1 amide bonds. The van der Waals surface area contributed by atoms with Crippen LogP contribution in [0.5, 0.6) is 0 Å². The number of hydrogen-bond donors (Lipinski definition) is 1. The van der Waals surface area contributed by atoms with Gasteiger partial charge in [0.25, 0.3) is 5.24 Å². The number of amides is 1. The third-order valence-corrected chi connectivity index (χ3v) is 4.16. The molecule has 2 unspecified atom stereocenters. The maximum atomic E-state index is 11.4. The molecule has 0 aromatic carbocycles. The van der Waals surface area contributed by atoms with E-state index >= 15 is 0 Å². The lowest BCUT2D eigenvalue weighted by Crippen LogP contribution is -2.46. The Balaban J connectivity index is 2.89. The van der Waals surface area contributed by atoms with E-state index < -0.39 is 0 Å². The van der Waals surface area contributed by atoms with Gasteiger partial charge in [-0.15, -0.1) is 0 Å². The highest BCUT2D eigenvalue weighted by atomic mass is 32.2. The Kier molecular flexibility index (Phi) is 2.92. The van der Waals surface area contributed by atoms with Crippen LogP contribution in [0.4, 0.5) is 4.79 Å². The minimum Gasteiger partial charge on any atom is -0.343 e. The zero-order valence-corrected chi connectivity index (χ0v) is 10.8. The lowest BCUT2D eigenvalue weighted by atomic mass is 9.76. The van der Waals surface area contributed by atoms with Crippen LogP contribution in [0.1, 0.15) is 41.5 Å². The van der Waals surface area contributed by atoms with Crippen molar-refractivity contribution in [3.63, 3.8) is 0 Å². The fourth-order valence-corrected chi connectivity index (χ4v) is 3.16. The van der Waals surface area contributed by atoms with Gasteiger partial charge in [0, 0.05) is 11.3 Å².